The van der Waals surface area contributed by atoms with Crippen molar-refractivity contribution in [2.24, 2.45) is 0 Å². The van der Waals surface area contributed by atoms with E-state index in [4.69, 9.17) is 9.47 Å². The maximum Gasteiger partial charge on any atom is 0.332 e. The van der Waals surface area contributed by atoms with Gasteiger partial charge >= 0.3 is 5.97 Å². The maximum absolute atomic E-state index is 11.0. The van der Waals surface area contributed by atoms with Crippen LogP contribution in [0.1, 0.15) is 22.0 Å². The topological polar surface area (TPSA) is 52.6 Å². The lowest BCUT2D eigenvalue weighted by molar-refractivity contribution is -0.170. The average molecular weight is 206 g/mol. The summed E-state index contributed by atoms with van der Waals surface area (Å²) in [6.07, 6.45) is 0.283. The van der Waals surface area contributed by atoms with Crippen LogP contribution < -0.4 is 0 Å². The van der Waals surface area contributed by atoms with Crippen LogP contribution in [0.25, 0.3) is 0 Å². The molecule has 4 heteroatoms. The van der Waals surface area contributed by atoms with Gasteiger partial charge in [0.2, 0.25) is 0 Å². The Hall–Kier alpha value is -1.68. The fourth-order valence-electron chi connectivity index (χ4n) is 1.54. The molecule has 0 amide bonds. The van der Waals surface area contributed by atoms with Crippen molar-refractivity contribution in [1.29, 1.82) is 0 Å². The molecule has 1 atom stereocenters. The van der Waals surface area contributed by atoms with E-state index in [0.717, 1.165) is 6.29 Å². The van der Waals surface area contributed by atoms with Crippen LogP contribution in [0.15, 0.2) is 24.3 Å². The lowest BCUT2D eigenvalue weighted by Crippen LogP contribution is -2.27. The van der Waals surface area contributed by atoms with E-state index in [1.807, 2.05) is 0 Å². The zero-order chi connectivity index (χ0) is 10.7. The highest BCUT2D eigenvalue weighted by Crippen LogP contribution is 2.23. The van der Waals surface area contributed by atoms with E-state index in [-0.39, 0.29) is 6.61 Å². The molecule has 1 heterocycles. The van der Waals surface area contributed by atoms with Gasteiger partial charge in [0, 0.05) is 11.1 Å². The third kappa shape index (κ3) is 2.05. The van der Waals surface area contributed by atoms with Gasteiger partial charge in [-0.2, -0.15) is 0 Å². The standard InChI is InChI=1S/C11H10O4/c12-5-8-3-1-2-4-9(8)10-6-14-7-11(13)15-10/h1-5,10H,6-7H2. The fraction of sp³-hybridized carbons (Fsp3) is 0.273. The second-order valence-electron chi connectivity index (χ2n) is 3.24. The number of cyclic esters (lactones) is 1. The Morgan fingerprint density at radius 3 is 2.87 bits per heavy atom. The molecule has 4 nitrogen and oxygen atoms in total. The second kappa shape index (κ2) is 4.23. The van der Waals surface area contributed by atoms with E-state index in [1.165, 1.54) is 0 Å². The minimum atomic E-state index is -0.465. The van der Waals surface area contributed by atoms with Gasteiger partial charge in [-0.25, -0.2) is 4.79 Å². The molecule has 0 saturated carbocycles. The Morgan fingerprint density at radius 1 is 1.33 bits per heavy atom. The first kappa shape index (κ1) is 9.86. The molecule has 1 aromatic carbocycles. The lowest BCUT2D eigenvalue weighted by atomic mass is 10.0. The van der Waals surface area contributed by atoms with Crippen LogP contribution in [0.4, 0.5) is 0 Å². The first-order chi connectivity index (χ1) is 7.31. The van der Waals surface area contributed by atoms with E-state index >= 15 is 0 Å². The number of benzene rings is 1. The van der Waals surface area contributed by atoms with Crippen molar-refractivity contribution in [1.82, 2.24) is 0 Å². The minimum Gasteiger partial charge on any atom is -0.453 e. The van der Waals surface area contributed by atoms with E-state index in [1.54, 1.807) is 24.3 Å². The van der Waals surface area contributed by atoms with Crippen molar-refractivity contribution in [2.75, 3.05) is 13.2 Å². The lowest BCUT2D eigenvalue weighted by Gasteiger charge is -2.23. The highest BCUT2D eigenvalue weighted by atomic mass is 16.6. The van der Waals surface area contributed by atoms with Crippen molar-refractivity contribution < 1.29 is 19.1 Å². The molecule has 0 spiro atoms. The normalized spacial score (nSPS) is 20.8. The van der Waals surface area contributed by atoms with Crippen LogP contribution >= 0.6 is 0 Å². The molecule has 0 aromatic heterocycles. The molecule has 0 aliphatic carbocycles. The van der Waals surface area contributed by atoms with Gasteiger partial charge in [-0.3, -0.25) is 4.79 Å². The van der Waals surface area contributed by atoms with Gasteiger partial charge in [0.15, 0.2) is 6.10 Å². The first-order valence-corrected chi connectivity index (χ1v) is 4.62. The first-order valence-electron chi connectivity index (χ1n) is 4.62. The monoisotopic (exact) mass is 206 g/mol. The molecule has 1 saturated heterocycles. The minimum absolute atomic E-state index is 0.0141. The predicted molar refractivity (Wildman–Crippen MR) is 51.5 cm³/mol. The van der Waals surface area contributed by atoms with Crippen molar-refractivity contribution >= 4 is 12.3 Å². The number of hydrogen-bond acceptors (Lipinski definition) is 4. The van der Waals surface area contributed by atoms with E-state index in [2.05, 4.69) is 0 Å². The quantitative estimate of drug-likeness (QED) is 0.537. The average Bonchev–Trinajstić information content (AvgIpc) is 2.29. The van der Waals surface area contributed by atoms with Crippen molar-refractivity contribution in [3.63, 3.8) is 0 Å². The van der Waals surface area contributed by atoms with E-state index in [0.29, 0.717) is 17.7 Å². The fourth-order valence-corrected chi connectivity index (χ4v) is 1.54. The summed E-state index contributed by atoms with van der Waals surface area (Å²) in [6, 6.07) is 7.00. The van der Waals surface area contributed by atoms with Gasteiger partial charge in [-0.15, -0.1) is 0 Å². The molecule has 2 rings (SSSR count). The van der Waals surface area contributed by atoms with Gasteiger partial charge in [-0.05, 0) is 0 Å². The molecule has 1 aromatic rings. The predicted octanol–water partition coefficient (Wildman–Crippen LogP) is 1.11. The van der Waals surface area contributed by atoms with Crippen molar-refractivity contribution in [3.05, 3.63) is 35.4 Å². The molecule has 78 valence electrons. The molecular weight excluding hydrogens is 196 g/mol. The summed E-state index contributed by atoms with van der Waals surface area (Å²) >= 11 is 0. The van der Waals surface area contributed by atoms with E-state index in [9.17, 15) is 9.59 Å². The SMILES string of the molecule is O=Cc1ccccc1C1COCC(=O)O1. The smallest absolute Gasteiger partial charge is 0.332 e. The van der Waals surface area contributed by atoms with Crippen LogP contribution in [-0.2, 0) is 14.3 Å². The highest BCUT2D eigenvalue weighted by molar-refractivity contribution is 5.78. The number of ether oxygens (including phenoxy) is 2. The summed E-state index contributed by atoms with van der Waals surface area (Å²) in [5.74, 6) is -0.396. The summed E-state index contributed by atoms with van der Waals surface area (Å²) < 4.78 is 10.1. The molecule has 1 fully saturated rings. The van der Waals surface area contributed by atoms with Crippen LogP contribution in [-0.4, -0.2) is 25.5 Å². The molecule has 1 aliphatic heterocycles. The third-order valence-corrected chi connectivity index (χ3v) is 2.23. The number of aldehydes is 1. The summed E-state index contributed by atoms with van der Waals surface area (Å²) in [6.45, 7) is 0.288. The van der Waals surface area contributed by atoms with Gasteiger partial charge < -0.3 is 9.47 Å². The van der Waals surface area contributed by atoms with Crippen LogP contribution in [0, 0.1) is 0 Å². The van der Waals surface area contributed by atoms with Crippen molar-refractivity contribution in [2.45, 2.75) is 6.10 Å². The Balaban J connectivity index is 2.27. The van der Waals surface area contributed by atoms with Crippen LogP contribution in [0.3, 0.4) is 0 Å². The zero-order valence-corrected chi connectivity index (χ0v) is 8.01. The van der Waals surface area contributed by atoms with Gasteiger partial charge in [0.05, 0.1) is 6.61 Å². The summed E-state index contributed by atoms with van der Waals surface area (Å²) in [4.78, 5) is 21.8. The number of carbonyl (C=O) groups excluding carboxylic acids is 2. The molecule has 1 aliphatic rings. The van der Waals surface area contributed by atoms with Crippen molar-refractivity contribution in [3.8, 4) is 0 Å². The second-order valence-corrected chi connectivity index (χ2v) is 3.24. The molecule has 0 radical (unpaired) electrons. The Morgan fingerprint density at radius 2 is 2.13 bits per heavy atom. The molecule has 1 unspecified atom stereocenters. The van der Waals surface area contributed by atoms with Gasteiger partial charge in [-0.1, -0.05) is 24.3 Å². The summed E-state index contributed by atoms with van der Waals surface area (Å²) in [7, 11) is 0. The van der Waals surface area contributed by atoms with Gasteiger partial charge in [0.1, 0.15) is 12.9 Å². The van der Waals surface area contributed by atoms with E-state index < -0.39 is 12.1 Å². The highest BCUT2D eigenvalue weighted by Gasteiger charge is 2.24. The van der Waals surface area contributed by atoms with Gasteiger partial charge in [0.25, 0.3) is 0 Å². The number of hydrogen-bond donors (Lipinski definition) is 0. The Kier molecular flexibility index (Phi) is 2.78. The number of esters is 1. The molecule has 0 N–H and O–H groups in total. The molecule has 15 heavy (non-hydrogen) atoms. The Labute approximate surface area is 86.8 Å². The number of carbonyl (C=O) groups is 2. The number of rotatable bonds is 2. The molecule has 0 bridgehead atoms. The zero-order valence-electron chi connectivity index (χ0n) is 8.01. The largest absolute Gasteiger partial charge is 0.453 e. The summed E-state index contributed by atoms with van der Waals surface area (Å²) in [5, 5.41) is 0. The maximum atomic E-state index is 11.0. The van der Waals surface area contributed by atoms with Crippen LogP contribution in [0.2, 0.25) is 0 Å². The third-order valence-electron chi connectivity index (χ3n) is 2.23. The summed E-state index contributed by atoms with van der Waals surface area (Å²) in [5.41, 5.74) is 1.22. The molecular formula is C11H10O4. The van der Waals surface area contributed by atoms with Crippen LogP contribution in [0.5, 0.6) is 0 Å². The Bertz CT molecular complexity index is 386.